The second kappa shape index (κ2) is 12.9. The van der Waals surface area contributed by atoms with Crippen LogP contribution < -0.4 is 26.1 Å². The van der Waals surface area contributed by atoms with Crippen LogP contribution in [-0.4, -0.2) is 38.7 Å². The highest BCUT2D eigenvalue weighted by Crippen LogP contribution is 2.51. The zero-order valence-corrected chi connectivity index (χ0v) is 28.6. The second-order valence-electron chi connectivity index (χ2n) is 13.7. The average Bonchev–Trinajstić information content (AvgIpc) is 3.27. The number of hydrogen-bond acceptors (Lipinski definition) is 5. The topological polar surface area (TPSA) is 91.2 Å². The van der Waals surface area contributed by atoms with Gasteiger partial charge in [-0.05, 0) is 65.9 Å². The number of nitrogens with one attached hydrogen (secondary N) is 2. The standard InChI is InChI=1S/C36H45BN3O3P/c1-20(2)32(41)23-13-15-27(28(17-23)43-8)39-34(42)31-30(24-11-9-10-22(4)33(24)44)36(19-38,29(40-31)18-35(5,6)7)25-14-12-21(3)16-26(25)37/h9-17,20,29-31,40H,18,37,44H2,1-8H3,(H,39,42)/t29?,30?,31-,36+/m1/s1. The zero-order chi connectivity index (χ0) is 32.6. The molecule has 6 nitrogen and oxygen atoms in total. The van der Waals surface area contributed by atoms with Crippen molar-refractivity contribution in [1.29, 1.82) is 5.26 Å². The number of rotatable bonds is 8. The Labute approximate surface area is 266 Å². The third-order valence-corrected chi connectivity index (χ3v) is 9.62. The van der Waals surface area contributed by atoms with Crippen molar-refractivity contribution in [2.75, 3.05) is 12.4 Å². The van der Waals surface area contributed by atoms with Crippen molar-refractivity contribution >= 4 is 45.2 Å². The minimum atomic E-state index is -1.04. The van der Waals surface area contributed by atoms with Gasteiger partial charge in [0.15, 0.2) is 5.78 Å². The molecule has 3 unspecified atom stereocenters. The number of nitriles is 1. The molecule has 8 heteroatoms. The summed E-state index contributed by atoms with van der Waals surface area (Å²) in [5, 5.41) is 19.1. The molecule has 1 heterocycles. The quantitative estimate of drug-likeness (QED) is 0.216. The minimum Gasteiger partial charge on any atom is -0.495 e. The Bertz CT molecular complexity index is 1620. The number of Topliss-reactive ketones (excluding diaryl/α,β-unsaturated/α-hetero) is 1. The fraction of sp³-hybridized carbons (Fsp3) is 0.417. The van der Waals surface area contributed by atoms with Gasteiger partial charge in [-0.2, -0.15) is 5.26 Å². The van der Waals surface area contributed by atoms with Crippen LogP contribution in [-0.2, 0) is 10.2 Å². The van der Waals surface area contributed by atoms with Crippen molar-refractivity contribution in [2.45, 2.75) is 78.3 Å². The Balaban J connectivity index is 1.92. The highest BCUT2D eigenvalue weighted by Gasteiger charge is 2.60. The van der Waals surface area contributed by atoms with E-state index in [9.17, 15) is 14.9 Å². The number of methoxy groups -OCH3 is 1. The summed E-state index contributed by atoms with van der Waals surface area (Å²) in [5.41, 5.74) is 4.96. The molecule has 2 N–H and O–H groups in total. The van der Waals surface area contributed by atoms with E-state index in [-0.39, 0.29) is 29.1 Å². The summed E-state index contributed by atoms with van der Waals surface area (Å²) in [6.07, 6.45) is 0.682. The number of amides is 1. The predicted octanol–water partition coefficient (Wildman–Crippen LogP) is 4.87. The largest absolute Gasteiger partial charge is 0.495 e. The maximum absolute atomic E-state index is 14.5. The van der Waals surface area contributed by atoms with E-state index in [1.807, 2.05) is 39.0 Å². The maximum atomic E-state index is 14.5. The van der Waals surface area contributed by atoms with Crippen LogP contribution in [0.25, 0.3) is 0 Å². The van der Waals surface area contributed by atoms with Gasteiger partial charge in [-0.15, -0.1) is 9.24 Å². The normalized spacial score (nSPS) is 21.6. The number of benzene rings is 3. The van der Waals surface area contributed by atoms with Crippen LogP contribution in [0.2, 0.25) is 0 Å². The van der Waals surface area contributed by atoms with Crippen LogP contribution in [0.5, 0.6) is 5.75 Å². The van der Waals surface area contributed by atoms with Crippen LogP contribution in [0, 0.1) is 36.5 Å². The molecular formula is C36H45BN3O3P. The fourth-order valence-corrected chi connectivity index (χ4v) is 7.09. The van der Waals surface area contributed by atoms with Crippen LogP contribution in [0.1, 0.15) is 79.6 Å². The highest BCUT2D eigenvalue weighted by atomic mass is 31.0. The number of carbonyl (C=O) groups is 2. The number of nitrogens with zero attached hydrogens (tertiary/aromatic N) is 1. The first-order valence-electron chi connectivity index (χ1n) is 15.3. The van der Waals surface area contributed by atoms with Crippen LogP contribution in [0.4, 0.5) is 5.69 Å². The van der Waals surface area contributed by atoms with Gasteiger partial charge in [0.1, 0.15) is 19.0 Å². The molecule has 1 aliphatic heterocycles. The monoisotopic (exact) mass is 609 g/mol. The van der Waals surface area contributed by atoms with Gasteiger partial charge in [-0.25, -0.2) is 0 Å². The molecule has 1 amide bonds. The molecule has 0 aromatic heterocycles. The summed E-state index contributed by atoms with van der Waals surface area (Å²) in [4.78, 5) is 27.1. The Hall–Kier alpha value is -3.46. The number of hydrogen-bond donors (Lipinski definition) is 2. The summed E-state index contributed by atoms with van der Waals surface area (Å²) >= 11 is 0. The molecule has 230 valence electrons. The van der Waals surface area contributed by atoms with Crippen molar-refractivity contribution in [3.63, 3.8) is 0 Å². The van der Waals surface area contributed by atoms with E-state index in [2.05, 4.69) is 79.7 Å². The van der Waals surface area contributed by atoms with Crippen molar-refractivity contribution in [3.05, 3.63) is 82.4 Å². The van der Waals surface area contributed by atoms with E-state index in [1.54, 1.807) is 18.2 Å². The lowest BCUT2D eigenvalue weighted by molar-refractivity contribution is -0.118. The molecule has 0 spiro atoms. The first-order chi connectivity index (χ1) is 20.6. The number of aryl methyl sites for hydroxylation is 2. The lowest BCUT2D eigenvalue weighted by Crippen LogP contribution is -2.47. The van der Waals surface area contributed by atoms with Crippen LogP contribution in [0.15, 0.2) is 54.6 Å². The molecule has 3 aromatic carbocycles. The number of anilines is 1. The Morgan fingerprint density at radius 3 is 2.43 bits per heavy atom. The molecule has 0 radical (unpaired) electrons. The molecule has 1 fully saturated rings. The van der Waals surface area contributed by atoms with E-state index in [4.69, 9.17) is 4.74 Å². The number of carbonyl (C=O) groups excluding carboxylic acids is 2. The molecule has 4 rings (SSSR count). The molecule has 1 saturated heterocycles. The molecule has 5 atom stereocenters. The van der Waals surface area contributed by atoms with E-state index in [1.165, 1.54) is 7.11 Å². The number of ether oxygens (including phenoxy) is 1. The maximum Gasteiger partial charge on any atom is 0.242 e. The first-order valence-corrected chi connectivity index (χ1v) is 15.9. The Morgan fingerprint density at radius 2 is 1.84 bits per heavy atom. The lowest BCUT2D eigenvalue weighted by Gasteiger charge is -2.39. The van der Waals surface area contributed by atoms with Gasteiger partial charge in [0.2, 0.25) is 5.91 Å². The summed E-state index contributed by atoms with van der Waals surface area (Å²) in [6.45, 7) is 14.3. The summed E-state index contributed by atoms with van der Waals surface area (Å²) in [7, 11) is 6.44. The van der Waals surface area contributed by atoms with Crippen LogP contribution >= 0.6 is 9.24 Å². The van der Waals surface area contributed by atoms with E-state index >= 15 is 0 Å². The van der Waals surface area contributed by atoms with Crippen molar-refractivity contribution in [1.82, 2.24) is 5.32 Å². The van der Waals surface area contributed by atoms with Crippen LogP contribution in [0.3, 0.4) is 0 Å². The van der Waals surface area contributed by atoms with Gasteiger partial charge < -0.3 is 15.4 Å². The van der Waals surface area contributed by atoms with Crippen molar-refractivity contribution in [3.8, 4) is 11.8 Å². The van der Waals surface area contributed by atoms with E-state index < -0.39 is 17.4 Å². The molecule has 3 aromatic rings. The number of ketones is 1. The lowest BCUT2D eigenvalue weighted by atomic mass is 9.60. The van der Waals surface area contributed by atoms with Gasteiger partial charge in [-0.1, -0.05) is 82.0 Å². The van der Waals surface area contributed by atoms with E-state index in [0.29, 0.717) is 23.4 Å². The molecule has 1 aliphatic rings. The zero-order valence-electron chi connectivity index (χ0n) is 27.5. The summed E-state index contributed by atoms with van der Waals surface area (Å²) in [5.74, 6) is -0.509. The van der Waals surface area contributed by atoms with Gasteiger partial charge >= 0.3 is 0 Å². The van der Waals surface area contributed by atoms with Gasteiger partial charge in [0, 0.05) is 23.4 Å². The molecule has 0 aliphatic carbocycles. The third-order valence-electron chi connectivity index (χ3n) is 8.83. The van der Waals surface area contributed by atoms with Crippen molar-refractivity contribution < 1.29 is 14.3 Å². The molecular weight excluding hydrogens is 564 g/mol. The summed E-state index contributed by atoms with van der Waals surface area (Å²) in [6, 6.07) is 19.2. The van der Waals surface area contributed by atoms with Gasteiger partial charge in [-0.3, -0.25) is 9.59 Å². The molecule has 44 heavy (non-hydrogen) atoms. The minimum absolute atomic E-state index is 0.00316. The highest BCUT2D eigenvalue weighted by molar-refractivity contribution is 7.27. The van der Waals surface area contributed by atoms with Gasteiger partial charge in [0.25, 0.3) is 0 Å². The first kappa shape index (κ1) is 33.4. The summed E-state index contributed by atoms with van der Waals surface area (Å²) < 4.78 is 5.63. The van der Waals surface area contributed by atoms with Crippen molar-refractivity contribution in [2.24, 2.45) is 11.3 Å². The third kappa shape index (κ3) is 6.34. The van der Waals surface area contributed by atoms with Gasteiger partial charge in [0.05, 0.1) is 24.9 Å². The predicted molar refractivity (Wildman–Crippen MR) is 185 cm³/mol. The Morgan fingerprint density at radius 1 is 1.14 bits per heavy atom. The molecule has 0 saturated carbocycles. The molecule has 0 bridgehead atoms. The SMILES string of the molecule is Bc1cc(C)ccc1[C@@]1(C#N)C(CC(C)(C)C)N[C@@H](C(=O)Nc2ccc(C(=O)C(C)C)cc2OC)C1c1cccc(C)c1P. The average molecular weight is 610 g/mol. The Kier molecular flexibility index (Phi) is 9.79. The second-order valence-corrected chi connectivity index (χ2v) is 14.3. The fourth-order valence-electron chi connectivity index (χ4n) is 6.72. The smallest absolute Gasteiger partial charge is 0.242 e. The van der Waals surface area contributed by atoms with E-state index in [0.717, 1.165) is 33.0 Å².